The third-order valence-corrected chi connectivity index (χ3v) is 4.55. The molecule has 7 nitrogen and oxygen atoms in total. The Balaban J connectivity index is 1.89. The van der Waals surface area contributed by atoms with Crippen molar-refractivity contribution >= 4 is 28.2 Å². The Kier molecular flexibility index (Phi) is 6.24. The van der Waals surface area contributed by atoms with Crippen molar-refractivity contribution in [2.24, 2.45) is 0 Å². The summed E-state index contributed by atoms with van der Waals surface area (Å²) in [5.41, 5.74) is 2.10. The molecule has 2 aromatic rings. The highest BCUT2D eigenvalue weighted by molar-refractivity contribution is 7.17. The Morgan fingerprint density at radius 2 is 1.92 bits per heavy atom. The Morgan fingerprint density at radius 3 is 2.48 bits per heavy atom. The summed E-state index contributed by atoms with van der Waals surface area (Å²) in [5, 5.41) is 13.3. The average molecular weight is 362 g/mol. The van der Waals surface area contributed by atoms with Gasteiger partial charge in [0.1, 0.15) is 4.88 Å². The van der Waals surface area contributed by atoms with Crippen molar-refractivity contribution < 1.29 is 19.2 Å². The molecule has 132 valence electrons. The van der Waals surface area contributed by atoms with Gasteiger partial charge in [0.25, 0.3) is 5.91 Å². The van der Waals surface area contributed by atoms with Gasteiger partial charge in [0, 0.05) is 6.07 Å². The van der Waals surface area contributed by atoms with Crippen LogP contribution in [0.1, 0.15) is 40.2 Å². The zero-order chi connectivity index (χ0) is 18.4. The van der Waals surface area contributed by atoms with E-state index in [9.17, 15) is 19.7 Å². The summed E-state index contributed by atoms with van der Waals surface area (Å²) in [6.45, 7) is 3.49. The van der Waals surface area contributed by atoms with Crippen LogP contribution in [0.4, 0.5) is 5.00 Å². The second kappa shape index (κ2) is 8.39. The van der Waals surface area contributed by atoms with Crippen molar-refractivity contribution in [3.63, 3.8) is 0 Å². The number of rotatable bonds is 7. The number of nitrogens with one attached hydrogen (secondary N) is 1. The first-order valence-electron chi connectivity index (χ1n) is 7.68. The number of nitro groups is 1. The van der Waals surface area contributed by atoms with Gasteiger partial charge in [-0.2, -0.15) is 0 Å². The van der Waals surface area contributed by atoms with Crippen LogP contribution in [0.3, 0.4) is 0 Å². The lowest BCUT2D eigenvalue weighted by molar-refractivity contribution is -0.380. The maximum Gasteiger partial charge on any atom is 0.349 e. The molecule has 0 saturated carbocycles. The van der Waals surface area contributed by atoms with Crippen molar-refractivity contribution in [3.05, 3.63) is 62.5 Å². The molecule has 0 saturated heterocycles. The molecule has 0 radical (unpaired) electrons. The Hall–Kier alpha value is -2.74. The molecule has 1 heterocycles. The van der Waals surface area contributed by atoms with E-state index in [1.165, 1.54) is 12.1 Å². The summed E-state index contributed by atoms with van der Waals surface area (Å²) in [4.78, 5) is 34.0. The summed E-state index contributed by atoms with van der Waals surface area (Å²) in [7, 11) is 0. The number of nitrogens with zero attached hydrogens (tertiary/aromatic N) is 1. The molecule has 0 aliphatic rings. The molecule has 1 aromatic heterocycles. The van der Waals surface area contributed by atoms with Gasteiger partial charge in [-0.05, 0) is 25.0 Å². The van der Waals surface area contributed by atoms with Crippen LogP contribution in [0.5, 0.6) is 0 Å². The Morgan fingerprint density at radius 1 is 1.24 bits per heavy atom. The van der Waals surface area contributed by atoms with Gasteiger partial charge < -0.3 is 10.1 Å². The minimum absolute atomic E-state index is 0.0880. The summed E-state index contributed by atoms with van der Waals surface area (Å²) in [5.74, 6) is -1.18. The van der Waals surface area contributed by atoms with Gasteiger partial charge in [0.2, 0.25) is 0 Å². The van der Waals surface area contributed by atoms with Crippen LogP contribution in [0.15, 0.2) is 36.4 Å². The number of amides is 1. The topological polar surface area (TPSA) is 98.5 Å². The summed E-state index contributed by atoms with van der Waals surface area (Å²) < 4.78 is 4.92. The fourth-order valence-electron chi connectivity index (χ4n) is 2.19. The summed E-state index contributed by atoms with van der Waals surface area (Å²) in [6.07, 6.45) is 0.694. The third-order valence-electron chi connectivity index (χ3n) is 3.53. The van der Waals surface area contributed by atoms with Crippen LogP contribution >= 0.6 is 11.3 Å². The van der Waals surface area contributed by atoms with Gasteiger partial charge in [-0.3, -0.25) is 14.9 Å². The number of hydrogen-bond acceptors (Lipinski definition) is 6. The molecule has 25 heavy (non-hydrogen) atoms. The second-order valence-electron chi connectivity index (χ2n) is 5.41. The van der Waals surface area contributed by atoms with E-state index in [0.717, 1.165) is 11.1 Å². The van der Waals surface area contributed by atoms with Crippen LogP contribution in [-0.2, 0) is 9.53 Å². The van der Waals surface area contributed by atoms with Crippen LogP contribution in [0.25, 0.3) is 0 Å². The standard InChI is InChI=1S/C17H18N2O5S/c1-3-13(12-6-4-11(2)5-7-12)18-15(20)10-24-17(21)14-8-9-16(25-14)19(22)23/h4-9,13H,3,10H2,1-2H3,(H,18,20)/t13-/m0/s1. The number of hydrogen-bond donors (Lipinski definition) is 1. The molecule has 0 bridgehead atoms. The fourth-order valence-corrected chi connectivity index (χ4v) is 2.91. The van der Waals surface area contributed by atoms with Gasteiger partial charge in [-0.15, -0.1) is 0 Å². The smallest absolute Gasteiger partial charge is 0.349 e. The first kappa shape index (κ1) is 18.6. The molecule has 0 aliphatic carbocycles. The quantitative estimate of drug-likeness (QED) is 0.462. The number of benzene rings is 1. The third kappa shape index (κ3) is 5.12. The van der Waals surface area contributed by atoms with Gasteiger partial charge >= 0.3 is 11.0 Å². The molecule has 1 amide bonds. The number of carbonyl (C=O) groups excluding carboxylic acids is 2. The maximum atomic E-state index is 12.0. The predicted octanol–water partition coefficient (Wildman–Crippen LogP) is 3.39. The van der Waals surface area contributed by atoms with Crippen molar-refractivity contribution in [2.75, 3.05) is 6.61 Å². The monoisotopic (exact) mass is 362 g/mol. The highest BCUT2D eigenvalue weighted by atomic mass is 32.1. The first-order valence-corrected chi connectivity index (χ1v) is 8.49. The van der Waals surface area contributed by atoms with E-state index in [-0.39, 0.29) is 15.9 Å². The van der Waals surface area contributed by atoms with Gasteiger partial charge in [-0.1, -0.05) is 48.1 Å². The van der Waals surface area contributed by atoms with Crippen LogP contribution in [-0.4, -0.2) is 23.4 Å². The number of thiophene rings is 1. The zero-order valence-corrected chi connectivity index (χ0v) is 14.7. The lowest BCUT2D eigenvalue weighted by Crippen LogP contribution is -2.32. The minimum Gasteiger partial charge on any atom is -0.451 e. The zero-order valence-electron chi connectivity index (χ0n) is 13.9. The maximum absolute atomic E-state index is 12.0. The average Bonchev–Trinajstić information content (AvgIpc) is 3.09. The number of esters is 1. The molecule has 0 spiro atoms. The minimum atomic E-state index is -0.753. The van der Waals surface area contributed by atoms with Crippen LogP contribution in [0.2, 0.25) is 0 Å². The van der Waals surface area contributed by atoms with Crippen LogP contribution < -0.4 is 5.32 Å². The predicted molar refractivity (Wildman–Crippen MR) is 93.6 cm³/mol. The van der Waals surface area contributed by atoms with Crippen molar-refractivity contribution in [1.82, 2.24) is 5.32 Å². The van der Waals surface area contributed by atoms with E-state index in [1.54, 1.807) is 0 Å². The van der Waals surface area contributed by atoms with E-state index in [2.05, 4.69) is 5.32 Å². The van der Waals surface area contributed by atoms with Crippen molar-refractivity contribution in [3.8, 4) is 0 Å². The van der Waals surface area contributed by atoms with Crippen molar-refractivity contribution in [2.45, 2.75) is 26.3 Å². The van der Waals surface area contributed by atoms with E-state index in [0.29, 0.717) is 17.8 Å². The Labute approximate surface area is 148 Å². The summed E-state index contributed by atoms with van der Waals surface area (Å²) in [6, 6.07) is 10.2. The second-order valence-corrected chi connectivity index (χ2v) is 6.47. The SMILES string of the molecule is CC[C@H](NC(=O)COC(=O)c1ccc([N+](=O)[O-])s1)c1ccc(C)cc1. The molecule has 0 unspecified atom stereocenters. The van der Waals surface area contributed by atoms with Gasteiger partial charge in [0.15, 0.2) is 6.61 Å². The van der Waals surface area contributed by atoms with Gasteiger partial charge in [-0.25, -0.2) is 4.79 Å². The molecule has 1 aromatic carbocycles. The molecule has 1 N–H and O–H groups in total. The highest BCUT2D eigenvalue weighted by Crippen LogP contribution is 2.24. The number of carbonyl (C=O) groups is 2. The molecule has 0 aliphatic heterocycles. The number of aryl methyl sites for hydroxylation is 1. The molecule has 8 heteroatoms. The van der Waals surface area contributed by atoms with Crippen molar-refractivity contribution in [1.29, 1.82) is 0 Å². The Bertz CT molecular complexity index is 770. The first-order chi connectivity index (χ1) is 11.9. The summed E-state index contributed by atoms with van der Waals surface area (Å²) >= 11 is 0.712. The molecule has 0 fully saturated rings. The lowest BCUT2D eigenvalue weighted by atomic mass is 10.0. The fraction of sp³-hybridized carbons (Fsp3) is 0.294. The van der Waals surface area contributed by atoms with E-state index in [1.807, 2.05) is 38.1 Å². The molecule has 2 rings (SSSR count). The van der Waals surface area contributed by atoms with Gasteiger partial charge in [0.05, 0.1) is 11.0 Å². The van der Waals surface area contributed by atoms with Crippen LogP contribution in [0, 0.1) is 17.0 Å². The number of ether oxygens (including phenoxy) is 1. The van der Waals surface area contributed by atoms with E-state index in [4.69, 9.17) is 4.74 Å². The van der Waals surface area contributed by atoms with E-state index < -0.39 is 23.4 Å². The highest BCUT2D eigenvalue weighted by Gasteiger charge is 2.18. The van der Waals surface area contributed by atoms with E-state index >= 15 is 0 Å². The lowest BCUT2D eigenvalue weighted by Gasteiger charge is -2.17. The molecular weight excluding hydrogens is 344 g/mol. The normalized spacial score (nSPS) is 11.6. The largest absolute Gasteiger partial charge is 0.451 e. The molecule has 1 atom stereocenters. The molecular formula is C17H18N2O5S.